The van der Waals surface area contributed by atoms with Gasteiger partial charge < -0.3 is 9.64 Å². The summed E-state index contributed by atoms with van der Waals surface area (Å²) in [7, 11) is -3.24. The number of hydrogen-bond donors (Lipinski definition) is 0. The molecule has 1 spiro atoms. The summed E-state index contributed by atoms with van der Waals surface area (Å²) in [6, 6.07) is 8.74. The summed E-state index contributed by atoms with van der Waals surface area (Å²) < 4.78 is 33.7. The van der Waals surface area contributed by atoms with Crippen molar-refractivity contribution >= 4 is 21.7 Å². The van der Waals surface area contributed by atoms with Gasteiger partial charge in [-0.1, -0.05) is 37.0 Å². The summed E-state index contributed by atoms with van der Waals surface area (Å²) in [6.07, 6.45) is 7.50. The van der Waals surface area contributed by atoms with Crippen LogP contribution in [0, 0.1) is 12.3 Å². The first-order valence-electron chi connectivity index (χ1n) is 13.6. The minimum atomic E-state index is -3.24. The molecule has 1 unspecified atom stereocenters. The highest BCUT2D eigenvalue weighted by Gasteiger charge is 2.51. The largest absolute Gasteiger partial charge is 0.462 e. The third-order valence-corrected chi connectivity index (χ3v) is 11.3. The molecule has 0 N–H and O–H groups in total. The summed E-state index contributed by atoms with van der Waals surface area (Å²) in [4.78, 5) is 17.8. The zero-order valence-corrected chi connectivity index (χ0v) is 22.0. The Bertz CT molecular complexity index is 974. The number of carbonyl (C=O) groups is 1. The number of hydrogen-bond acceptors (Lipinski definition) is 6. The standard InChI is InChI=1S/C27H41N3O4S/c1-22-7-9-23(10-8-22)29-19-17-28(18-20-29)14-11-24-21-27(26(31)34-24)12-15-30(16-13-27)35(32,33)25-5-3-2-4-6-25/h7-10,24-25H,2-6,11-21H2,1H3. The van der Waals surface area contributed by atoms with E-state index in [1.54, 1.807) is 4.31 Å². The molecule has 0 radical (unpaired) electrons. The molecule has 1 saturated carbocycles. The summed E-state index contributed by atoms with van der Waals surface area (Å²) in [5.74, 6) is -0.0959. The normalized spacial score (nSPS) is 26.8. The van der Waals surface area contributed by atoms with Gasteiger partial charge in [0.1, 0.15) is 6.10 Å². The van der Waals surface area contributed by atoms with E-state index in [2.05, 4.69) is 41.0 Å². The van der Waals surface area contributed by atoms with Gasteiger partial charge in [0.25, 0.3) is 0 Å². The van der Waals surface area contributed by atoms with Gasteiger partial charge in [0.2, 0.25) is 10.0 Å². The van der Waals surface area contributed by atoms with Crippen LogP contribution in [0.3, 0.4) is 0 Å². The molecule has 1 aromatic rings. The molecule has 1 aliphatic carbocycles. The minimum Gasteiger partial charge on any atom is -0.462 e. The molecule has 1 atom stereocenters. The number of cyclic esters (lactones) is 1. The van der Waals surface area contributed by atoms with Crippen molar-refractivity contribution in [1.29, 1.82) is 0 Å². The van der Waals surface area contributed by atoms with Crippen molar-refractivity contribution in [3.05, 3.63) is 29.8 Å². The molecule has 3 saturated heterocycles. The molecule has 4 fully saturated rings. The van der Waals surface area contributed by atoms with Gasteiger partial charge in [0, 0.05) is 57.9 Å². The molecule has 1 aromatic carbocycles. The summed E-state index contributed by atoms with van der Waals surface area (Å²) in [5, 5.41) is -0.222. The van der Waals surface area contributed by atoms with E-state index >= 15 is 0 Å². The van der Waals surface area contributed by atoms with Crippen LogP contribution in [0.25, 0.3) is 0 Å². The van der Waals surface area contributed by atoms with Crippen LogP contribution in [0.2, 0.25) is 0 Å². The second-order valence-corrected chi connectivity index (χ2v) is 13.4. The van der Waals surface area contributed by atoms with Crippen molar-refractivity contribution in [3.8, 4) is 0 Å². The van der Waals surface area contributed by atoms with Crippen LogP contribution in [0.1, 0.15) is 63.4 Å². The van der Waals surface area contributed by atoms with Crippen molar-refractivity contribution in [2.24, 2.45) is 5.41 Å². The molecule has 35 heavy (non-hydrogen) atoms. The van der Waals surface area contributed by atoms with E-state index in [0.717, 1.165) is 77.7 Å². The quantitative estimate of drug-likeness (QED) is 0.553. The Balaban J connectivity index is 1.08. The van der Waals surface area contributed by atoms with Gasteiger partial charge in [0.05, 0.1) is 10.7 Å². The van der Waals surface area contributed by atoms with E-state index in [1.807, 2.05) is 0 Å². The highest BCUT2D eigenvalue weighted by molar-refractivity contribution is 7.89. The van der Waals surface area contributed by atoms with Gasteiger partial charge in [0.15, 0.2) is 0 Å². The molecule has 5 rings (SSSR count). The van der Waals surface area contributed by atoms with E-state index in [9.17, 15) is 13.2 Å². The lowest BCUT2D eigenvalue weighted by atomic mass is 9.76. The maximum atomic E-state index is 13.1. The van der Waals surface area contributed by atoms with Gasteiger partial charge in [-0.3, -0.25) is 9.69 Å². The first-order valence-corrected chi connectivity index (χ1v) is 15.1. The van der Waals surface area contributed by atoms with Gasteiger partial charge in [-0.05, 0) is 51.2 Å². The second kappa shape index (κ2) is 10.4. The number of aryl methyl sites for hydroxylation is 1. The molecule has 4 aliphatic rings. The lowest BCUT2D eigenvalue weighted by molar-refractivity contribution is -0.150. The van der Waals surface area contributed by atoms with Crippen LogP contribution in [0.4, 0.5) is 5.69 Å². The zero-order valence-electron chi connectivity index (χ0n) is 21.2. The first kappa shape index (κ1) is 25.0. The summed E-state index contributed by atoms with van der Waals surface area (Å²) >= 11 is 0. The molecule has 194 valence electrons. The Labute approximate surface area is 210 Å². The van der Waals surface area contributed by atoms with Crippen molar-refractivity contribution in [2.45, 2.75) is 76.1 Å². The second-order valence-electron chi connectivity index (χ2n) is 11.2. The number of ether oxygens (including phenoxy) is 1. The maximum Gasteiger partial charge on any atom is 0.312 e. The molecule has 7 nitrogen and oxygen atoms in total. The molecule has 3 heterocycles. The number of piperidine rings is 1. The Hall–Kier alpha value is -1.64. The van der Waals surface area contributed by atoms with E-state index in [-0.39, 0.29) is 17.3 Å². The fourth-order valence-corrected chi connectivity index (χ4v) is 8.50. The molecule has 8 heteroatoms. The van der Waals surface area contributed by atoms with Crippen LogP contribution in [-0.4, -0.2) is 80.8 Å². The van der Waals surface area contributed by atoms with E-state index < -0.39 is 15.4 Å². The monoisotopic (exact) mass is 503 g/mol. The zero-order chi connectivity index (χ0) is 24.5. The molecule has 0 amide bonds. The SMILES string of the molecule is Cc1ccc(N2CCN(CCC3CC4(CCN(S(=O)(=O)C5CCCCC5)CC4)C(=O)O3)CC2)cc1. The van der Waals surface area contributed by atoms with Crippen LogP contribution >= 0.6 is 0 Å². The van der Waals surface area contributed by atoms with E-state index in [4.69, 9.17) is 4.74 Å². The van der Waals surface area contributed by atoms with Gasteiger partial charge in [-0.15, -0.1) is 0 Å². The van der Waals surface area contributed by atoms with Crippen LogP contribution < -0.4 is 4.90 Å². The topological polar surface area (TPSA) is 70.2 Å². The lowest BCUT2D eigenvalue weighted by Crippen LogP contribution is -2.48. The summed E-state index contributed by atoms with van der Waals surface area (Å²) in [6.45, 7) is 8.05. The van der Waals surface area contributed by atoms with Gasteiger partial charge in [-0.25, -0.2) is 12.7 Å². The average molecular weight is 504 g/mol. The van der Waals surface area contributed by atoms with Crippen molar-refractivity contribution < 1.29 is 17.9 Å². The molecule has 3 aliphatic heterocycles. The van der Waals surface area contributed by atoms with E-state index in [0.29, 0.717) is 25.9 Å². The number of nitrogens with zero attached hydrogens (tertiary/aromatic N) is 3. The average Bonchev–Trinajstić information content (AvgIpc) is 3.18. The molecule has 0 aromatic heterocycles. The fraction of sp³-hybridized carbons (Fsp3) is 0.741. The van der Waals surface area contributed by atoms with Crippen LogP contribution in [0.15, 0.2) is 24.3 Å². The molecule has 0 bridgehead atoms. The fourth-order valence-electron chi connectivity index (χ4n) is 6.46. The van der Waals surface area contributed by atoms with Crippen molar-refractivity contribution in [1.82, 2.24) is 9.21 Å². The Kier molecular flexibility index (Phi) is 7.43. The Morgan fingerprint density at radius 2 is 1.60 bits per heavy atom. The van der Waals surface area contributed by atoms with Crippen molar-refractivity contribution in [2.75, 3.05) is 50.7 Å². The highest BCUT2D eigenvalue weighted by Crippen LogP contribution is 2.45. The van der Waals surface area contributed by atoms with Crippen LogP contribution in [0.5, 0.6) is 0 Å². The van der Waals surface area contributed by atoms with Crippen molar-refractivity contribution in [3.63, 3.8) is 0 Å². The third-order valence-electron chi connectivity index (χ3n) is 8.88. The molecular formula is C27H41N3O4S. The minimum absolute atomic E-state index is 0.0425. The number of rotatable bonds is 6. The Morgan fingerprint density at radius 3 is 2.26 bits per heavy atom. The first-order chi connectivity index (χ1) is 16.9. The smallest absolute Gasteiger partial charge is 0.312 e. The molecular weight excluding hydrogens is 462 g/mol. The van der Waals surface area contributed by atoms with Crippen LogP contribution in [-0.2, 0) is 19.6 Å². The predicted molar refractivity (Wildman–Crippen MR) is 138 cm³/mol. The highest BCUT2D eigenvalue weighted by atomic mass is 32.2. The van der Waals surface area contributed by atoms with Gasteiger partial charge in [-0.2, -0.15) is 0 Å². The number of piperazine rings is 1. The number of carbonyl (C=O) groups excluding carboxylic acids is 1. The third kappa shape index (κ3) is 5.39. The number of benzene rings is 1. The van der Waals surface area contributed by atoms with E-state index in [1.165, 1.54) is 11.3 Å². The van der Waals surface area contributed by atoms with Gasteiger partial charge >= 0.3 is 5.97 Å². The number of sulfonamides is 1. The number of anilines is 1. The number of esters is 1. The Morgan fingerprint density at radius 1 is 0.943 bits per heavy atom. The predicted octanol–water partition coefficient (Wildman–Crippen LogP) is 3.57. The lowest BCUT2D eigenvalue weighted by Gasteiger charge is -2.38. The summed E-state index contributed by atoms with van der Waals surface area (Å²) in [5.41, 5.74) is 2.10. The maximum absolute atomic E-state index is 13.1.